The van der Waals surface area contributed by atoms with Crippen molar-refractivity contribution in [2.45, 2.75) is 23.6 Å². The summed E-state index contributed by atoms with van der Waals surface area (Å²) >= 11 is 1.76. The molecule has 4 rings (SSSR count). The van der Waals surface area contributed by atoms with Gasteiger partial charge in [-0.3, -0.25) is 0 Å². The van der Waals surface area contributed by atoms with Gasteiger partial charge >= 0.3 is 0 Å². The minimum atomic E-state index is 0.679. The Morgan fingerprint density at radius 2 is 1.59 bits per heavy atom. The van der Waals surface area contributed by atoms with Crippen LogP contribution in [0, 0.1) is 11.3 Å². The van der Waals surface area contributed by atoms with Gasteiger partial charge < -0.3 is 9.80 Å². The fourth-order valence-electron chi connectivity index (χ4n) is 3.50. The number of nitriles is 1. The highest BCUT2D eigenvalue weighted by Gasteiger charge is 2.25. The Labute approximate surface area is 164 Å². The first-order valence-corrected chi connectivity index (χ1v) is 10.0. The van der Waals surface area contributed by atoms with Gasteiger partial charge in [-0.2, -0.15) is 5.26 Å². The average molecular weight is 372 g/mol. The van der Waals surface area contributed by atoms with Gasteiger partial charge in [0.1, 0.15) is 0 Å². The molecular weight excluding hydrogens is 350 g/mol. The summed E-state index contributed by atoms with van der Waals surface area (Å²) in [5.74, 6) is 0. The van der Waals surface area contributed by atoms with E-state index < -0.39 is 0 Å². The third kappa shape index (κ3) is 3.15. The lowest BCUT2D eigenvalue weighted by atomic mass is 10.1. The third-order valence-electron chi connectivity index (χ3n) is 4.89. The lowest BCUT2D eigenvalue weighted by Crippen LogP contribution is -2.21. The van der Waals surface area contributed by atoms with Crippen LogP contribution in [0.15, 0.2) is 76.5 Å². The van der Waals surface area contributed by atoms with E-state index in [1.807, 2.05) is 18.2 Å². The summed E-state index contributed by atoms with van der Waals surface area (Å²) in [6.07, 6.45) is 0. The molecule has 0 atom stereocenters. The Hall–Kier alpha value is -2.90. The first kappa shape index (κ1) is 17.5. The molecule has 0 spiro atoms. The molecule has 0 radical (unpaired) electrons. The number of benzene rings is 3. The van der Waals surface area contributed by atoms with Gasteiger partial charge in [-0.05, 0) is 68.4 Å². The van der Waals surface area contributed by atoms with Crippen LogP contribution in [0.25, 0.3) is 0 Å². The second-order valence-corrected chi connectivity index (χ2v) is 7.47. The Bertz CT molecular complexity index is 1000. The van der Waals surface area contributed by atoms with Crippen LogP contribution in [-0.4, -0.2) is 13.1 Å². The van der Waals surface area contributed by atoms with E-state index in [0.717, 1.165) is 30.2 Å². The number of para-hydroxylation sites is 1. The highest BCUT2D eigenvalue weighted by molar-refractivity contribution is 7.99. The van der Waals surface area contributed by atoms with Gasteiger partial charge in [0, 0.05) is 34.3 Å². The summed E-state index contributed by atoms with van der Waals surface area (Å²) in [5, 5.41) is 9.36. The first-order valence-electron chi connectivity index (χ1n) is 9.21. The molecule has 134 valence electrons. The average Bonchev–Trinajstić information content (AvgIpc) is 2.73. The van der Waals surface area contributed by atoms with E-state index in [1.165, 1.54) is 15.5 Å². The third-order valence-corrected chi connectivity index (χ3v) is 6.02. The van der Waals surface area contributed by atoms with Crippen LogP contribution in [0.3, 0.4) is 0 Å². The van der Waals surface area contributed by atoms with E-state index in [1.54, 1.807) is 11.8 Å². The number of anilines is 4. The lowest BCUT2D eigenvalue weighted by molar-refractivity contribution is 0.866. The fourth-order valence-corrected chi connectivity index (χ4v) is 4.54. The summed E-state index contributed by atoms with van der Waals surface area (Å²) in [6, 6.07) is 25.3. The van der Waals surface area contributed by atoms with Crippen molar-refractivity contribution < 1.29 is 0 Å². The van der Waals surface area contributed by atoms with Gasteiger partial charge in [-0.15, -0.1) is 0 Å². The minimum Gasteiger partial charge on any atom is -0.372 e. The molecule has 0 unspecified atom stereocenters. The van der Waals surface area contributed by atoms with Gasteiger partial charge in [-0.25, -0.2) is 0 Å². The van der Waals surface area contributed by atoms with Gasteiger partial charge in [0.05, 0.1) is 23.0 Å². The Kier molecular flexibility index (Phi) is 4.79. The zero-order valence-corrected chi connectivity index (χ0v) is 16.3. The van der Waals surface area contributed by atoms with Crippen molar-refractivity contribution >= 4 is 34.5 Å². The molecule has 0 N–H and O–H groups in total. The first-order chi connectivity index (χ1) is 13.2. The van der Waals surface area contributed by atoms with Crippen molar-refractivity contribution in [3.8, 4) is 6.07 Å². The van der Waals surface area contributed by atoms with Crippen LogP contribution in [0.1, 0.15) is 19.4 Å². The molecule has 0 saturated carbocycles. The second-order valence-electron chi connectivity index (χ2n) is 6.39. The van der Waals surface area contributed by atoms with E-state index in [0.29, 0.717) is 5.56 Å². The molecule has 27 heavy (non-hydrogen) atoms. The molecule has 1 heterocycles. The van der Waals surface area contributed by atoms with E-state index in [4.69, 9.17) is 0 Å². The van der Waals surface area contributed by atoms with Crippen molar-refractivity contribution in [3.05, 3.63) is 72.3 Å². The normalized spacial score (nSPS) is 12.1. The summed E-state index contributed by atoms with van der Waals surface area (Å²) in [7, 11) is 0. The summed E-state index contributed by atoms with van der Waals surface area (Å²) < 4.78 is 0. The molecule has 0 amide bonds. The standard InChI is InChI=1S/C23H21N3S/c1-3-25(4-2)18-10-12-19(13-11-18)26-20-7-5-6-8-22(20)27-23-14-9-17(16-24)15-21(23)26/h5-15H,3-4H2,1-2H3. The van der Waals surface area contributed by atoms with Crippen molar-refractivity contribution in [3.63, 3.8) is 0 Å². The predicted molar refractivity (Wildman–Crippen MR) is 114 cm³/mol. The maximum absolute atomic E-state index is 9.36. The Morgan fingerprint density at radius 1 is 0.889 bits per heavy atom. The zero-order valence-electron chi connectivity index (χ0n) is 15.5. The van der Waals surface area contributed by atoms with Gasteiger partial charge in [0.2, 0.25) is 0 Å². The highest BCUT2D eigenvalue weighted by Crippen LogP contribution is 2.51. The predicted octanol–water partition coefficient (Wildman–Crippen LogP) is 6.34. The smallest absolute Gasteiger partial charge is 0.0992 e. The lowest BCUT2D eigenvalue weighted by Gasteiger charge is -2.33. The number of hydrogen-bond donors (Lipinski definition) is 0. The number of nitrogens with zero attached hydrogens (tertiary/aromatic N) is 3. The van der Waals surface area contributed by atoms with E-state index >= 15 is 0 Å². The van der Waals surface area contributed by atoms with E-state index in [-0.39, 0.29) is 0 Å². The molecular formula is C23H21N3S. The zero-order chi connectivity index (χ0) is 18.8. The van der Waals surface area contributed by atoms with E-state index in [2.05, 4.69) is 78.2 Å². The molecule has 0 aliphatic carbocycles. The molecule has 4 heteroatoms. The summed E-state index contributed by atoms with van der Waals surface area (Å²) in [6.45, 7) is 6.34. The molecule has 0 saturated heterocycles. The van der Waals surface area contributed by atoms with Crippen LogP contribution >= 0.6 is 11.8 Å². The van der Waals surface area contributed by atoms with Crippen molar-refractivity contribution in [2.24, 2.45) is 0 Å². The van der Waals surface area contributed by atoms with Crippen LogP contribution in [0.4, 0.5) is 22.7 Å². The SMILES string of the molecule is CCN(CC)c1ccc(N2c3ccccc3Sc3ccc(C#N)cc32)cc1. The van der Waals surface area contributed by atoms with Gasteiger partial charge in [-0.1, -0.05) is 23.9 Å². The molecule has 0 aromatic heterocycles. The van der Waals surface area contributed by atoms with Gasteiger partial charge in [0.25, 0.3) is 0 Å². The molecule has 0 bridgehead atoms. The number of hydrogen-bond acceptors (Lipinski definition) is 4. The maximum Gasteiger partial charge on any atom is 0.0992 e. The monoisotopic (exact) mass is 371 g/mol. The summed E-state index contributed by atoms with van der Waals surface area (Å²) in [5.41, 5.74) is 5.23. The fraction of sp³-hybridized carbons (Fsp3) is 0.174. The Morgan fingerprint density at radius 3 is 2.30 bits per heavy atom. The number of rotatable bonds is 4. The van der Waals surface area contributed by atoms with Crippen molar-refractivity contribution in [2.75, 3.05) is 22.9 Å². The largest absolute Gasteiger partial charge is 0.372 e. The molecule has 1 aliphatic rings. The van der Waals surface area contributed by atoms with Gasteiger partial charge in [0.15, 0.2) is 0 Å². The molecule has 3 aromatic rings. The van der Waals surface area contributed by atoms with Crippen LogP contribution < -0.4 is 9.80 Å². The van der Waals surface area contributed by atoms with Crippen molar-refractivity contribution in [1.29, 1.82) is 5.26 Å². The van der Waals surface area contributed by atoms with E-state index in [9.17, 15) is 5.26 Å². The molecule has 3 aromatic carbocycles. The topological polar surface area (TPSA) is 30.3 Å². The van der Waals surface area contributed by atoms with Crippen LogP contribution in [0.5, 0.6) is 0 Å². The molecule has 1 aliphatic heterocycles. The summed E-state index contributed by atoms with van der Waals surface area (Å²) in [4.78, 5) is 6.99. The minimum absolute atomic E-state index is 0.679. The molecule has 0 fully saturated rings. The van der Waals surface area contributed by atoms with Crippen LogP contribution in [-0.2, 0) is 0 Å². The maximum atomic E-state index is 9.36. The molecule has 3 nitrogen and oxygen atoms in total. The Balaban J connectivity index is 1.83. The quantitative estimate of drug-likeness (QED) is 0.419. The van der Waals surface area contributed by atoms with Crippen molar-refractivity contribution in [1.82, 2.24) is 0 Å². The highest BCUT2D eigenvalue weighted by atomic mass is 32.2. The van der Waals surface area contributed by atoms with Crippen LogP contribution in [0.2, 0.25) is 0 Å². The number of fused-ring (bicyclic) bond motifs is 2. The second kappa shape index (κ2) is 7.38.